The zero-order valence-corrected chi connectivity index (χ0v) is 12.4. The van der Waals surface area contributed by atoms with Crippen molar-refractivity contribution in [3.05, 3.63) is 11.6 Å². The van der Waals surface area contributed by atoms with Gasteiger partial charge in [0.1, 0.15) is 0 Å². The molecule has 2 aromatic rings. The molecule has 1 fully saturated rings. The molecule has 0 aliphatic carbocycles. The van der Waals surface area contributed by atoms with Gasteiger partial charge in [-0.05, 0) is 18.8 Å². The highest BCUT2D eigenvalue weighted by Crippen LogP contribution is 2.29. The zero-order valence-electron chi connectivity index (χ0n) is 10.8. The topological polar surface area (TPSA) is 101 Å². The molecule has 3 rings (SSSR count). The lowest BCUT2D eigenvalue weighted by atomic mass is 10.0. The van der Waals surface area contributed by atoms with E-state index in [9.17, 15) is 13.5 Å². The Bertz CT molecular complexity index is 721. The molecule has 20 heavy (non-hydrogen) atoms. The van der Waals surface area contributed by atoms with Crippen molar-refractivity contribution in [2.45, 2.75) is 17.9 Å². The monoisotopic (exact) mass is 316 g/mol. The molecule has 1 saturated heterocycles. The Morgan fingerprint density at radius 1 is 1.55 bits per heavy atom. The smallest absolute Gasteiger partial charge is 0.262 e. The van der Waals surface area contributed by atoms with Crippen molar-refractivity contribution >= 4 is 32.1 Å². The van der Waals surface area contributed by atoms with Crippen LogP contribution in [0.2, 0.25) is 0 Å². The Labute approximate surface area is 120 Å². The Kier molecular flexibility index (Phi) is 3.44. The van der Waals surface area contributed by atoms with Crippen LogP contribution in [0.25, 0.3) is 4.96 Å². The first kappa shape index (κ1) is 13.8. The molecule has 7 nitrogen and oxygen atoms in total. The third-order valence-corrected chi connectivity index (χ3v) is 6.23. The van der Waals surface area contributed by atoms with Crippen LogP contribution in [0.3, 0.4) is 0 Å². The van der Waals surface area contributed by atoms with Crippen LogP contribution in [0.5, 0.6) is 0 Å². The van der Waals surface area contributed by atoms with E-state index in [1.54, 1.807) is 11.6 Å². The van der Waals surface area contributed by atoms with Gasteiger partial charge < -0.3 is 10.8 Å². The van der Waals surface area contributed by atoms with E-state index in [4.69, 9.17) is 5.73 Å². The van der Waals surface area contributed by atoms with Gasteiger partial charge in [-0.3, -0.25) is 4.40 Å². The van der Waals surface area contributed by atoms with Crippen molar-refractivity contribution in [1.29, 1.82) is 0 Å². The van der Waals surface area contributed by atoms with Crippen molar-refractivity contribution < 1.29 is 13.5 Å². The average Bonchev–Trinajstić information content (AvgIpc) is 2.98. The Hall–Kier alpha value is -1.16. The first-order valence-electron chi connectivity index (χ1n) is 6.36. The van der Waals surface area contributed by atoms with Gasteiger partial charge in [0.05, 0.1) is 0 Å². The van der Waals surface area contributed by atoms with E-state index in [0.29, 0.717) is 18.1 Å². The minimum atomic E-state index is -3.68. The summed E-state index contributed by atoms with van der Waals surface area (Å²) in [7, 11) is -3.68. The number of thiazole rings is 1. The zero-order chi connectivity index (χ0) is 14.3. The second-order valence-corrected chi connectivity index (χ2v) is 7.64. The quantitative estimate of drug-likeness (QED) is 0.852. The van der Waals surface area contributed by atoms with E-state index in [2.05, 4.69) is 4.98 Å². The van der Waals surface area contributed by atoms with Gasteiger partial charge in [-0.15, -0.1) is 11.3 Å². The van der Waals surface area contributed by atoms with Crippen molar-refractivity contribution in [1.82, 2.24) is 13.7 Å². The number of anilines is 1. The summed E-state index contributed by atoms with van der Waals surface area (Å²) in [4.78, 5) is 4.64. The summed E-state index contributed by atoms with van der Waals surface area (Å²) >= 11 is 1.34. The lowest BCUT2D eigenvalue weighted by molar-refractivity contribution is 0.165. The summed E-state index contributed by atoms with van der Waals surface area (Å²) in [6.45, 7) is 0.785. The summed E-state index contributed by atoms with van der Waals surface area (Å²) in [5.41, 5.74) is 5.78. The van der Waals surface area contributed by atoms with Gasteiger partial charge in [0.25, 0.3) is 10.0 Å². The molecule has 1 aliphatic rings. The molecule has 0 spiro atoms. The van der Waals surface area contributed by atoms with E-state index < -0.39 is 10.0 Å². The molecule has 3 N–H and O–H groups in total. The predicted molar refractivity (Wildman–Crippen MR) is 76.1 cm³/mol. The fourth-order valence-electron chi connectivity index (χ4n) is 2.55. The largest absolute Gasteiger partial charge is 0.396 e. The molecular formula is C11H16N4O3S2. The van der Waals surface area contributed by atoms with Gasteiger partial charge in [-0.2, -0.15) is 4.31 Å². The van der Waals surface area contributed by atoms with Crippen LogP contribution in [-0.4, -0.2) is 46.9 Å². The number of sulfonamides is 1. The minimum absolute atomic E-state index is 0.00175. The molecule has 0 amide bonds. The van der Waals surface area contributed by atoms with Gasteiger partial charge >= 0.3 is 0 Å². The molecule has 1 aliphatic heterocycles. The maximum atomic E-state index is 12.8. The van der Waals surface area contributed by atoms with Crippen LogP contribution in [-0.2, 0) is 10.0 Å². The number of hydrogen-bond acceptors (Lipinski definition) is 6. The highest BCUT2D eigenvalue weighted by Gasteiger charge is 2.34. The lowest BCUT2D eigenvalue weighted by Crippen LogP contribution is -2.41. The number of rotatable bonds is 3. The summed E-state index contributed by atoms with van der Waals surface area (Å²) in [5, 5.41) is 11.0. The van der Waals surface area contributed by atoms with Gasteiger partial charge in [-0.1, -0.05) is 0 Å². The molecule has 3 heterocycles. The molecular weight excluding hydrogens is 300 g/mol. The number of aliphatic hydroxyl groups is 1. The Morgan fingerprint density at radius 2 is 2.35 bits per heavy atom. The molecule has 1 unspecified atom stereocenters. The van der Waals surface area contributed by atoms with Gasteiger partial charge in [-0.25, -0.2) is 13.4 Å². The SMILES string of the molecule is Nc1nc2sccn2c1S(=O)(=O)N1CCCC(CO)C1. The molecule has 1 atom stereocenters. The summed E-state index contributed by atoms with van der Waals surface area (Å²) < 4.78 is 28.4. The van der Waals surface area contributed by atoms with E-state index in [0.717, 1.165) is 12.8 Å². The molecule has 0 aromatic carbocycles. The Morgan fingerprint density at radius 3 is 3.10 bits per heavy atom. The van der Waals surface area contributed by atoms with E-state index in [1.165, 1.54) is 20.0 Å². The fraction of sp³-hybridized carbons (Fsp3) is 0.545. The maximum Gasteiger partial charge on any atom is 0.262 e. The molecule has 0 bridgehead atoms. The van der Waals surface area contributed by atoms with E-state index >= 15 is 0 Å². The molecule has 2 aromatic heterocycles. The second-order valence-electron chi connectivity index (χ2n) is 4.91. The van der Waals surface area contributed by atoms with Gasteiger partial charge in [0.15, 0.2) is 15.8 Å². The lowest BCUT2D eigenvalue weighted by Gasteiger charge is -2.30. The molecule has 9 heteroatoms. The molecule has 110 valence electrons. The van der Waals surface area contributed by atoms with Crippen molar-refractivity contribution in [3.8, 4) is 0 Å². The van der Waals surface area contributed by atoms with Crippen LogP contribution in [0.15, 0.2) is 16.6 Å². The maximum absolute atomic E-state index is 12.8. The standard InChI is InChI=1S/C11H16N4O3S2/c12-9-10(15-4-5-19-11(15)13-9)20(17,18)14-3-1-2-8(6-14)7-16/h4-5,8,16H,1-3,6-7,12H2. The number of hydrogen-bond donors (Lipinski definition) is 2. The summed E-state index contributed by atoms with van der Waals surface area (Å²) in [6.07, 6.45) is 3.25. The van der Waals surface area contributed by atoms with E-state index in [1.807, 2.05) is 0 Å². The van der Waals surface area contributed by atoms with Gasteiger partial charge in [0.2, 0.25) is 0 Å². The average molecular weight is 316 g/mol. The van der Waals surface area contributed by atoms with Crippen LogP contribution in [0.1, 0.15) is 12.8 Å². The van der Waals surface area contributed by atoms with Crippen LogP contribution >= 0.6 is 11.3 Å². The second kappa shape index (κ2) is 4.99. The number of imidazole rings is 1. The number of aromatic nitrogens is 2. The normalized spacial score (nSPS) is 21.6. The summed E-state index contributed by atoms with van der Waals surface area (Å²) in [5.74, 6) is 0.0219. The minimum Gasteiger partial charge on any atom is -0.396 e. The number of nitrogens with two attached hydrogens (primary N) is 1. The number of fused-ring (bicyclic) bond motifs is 1. The van der Waals surface area contributed by atoms with Crippen LogP contribution < -0.4 is 5.73 Å². The number of nitrogens with zero attached hydrogens (tertiary/aromatic N) is 3. The Balaban J connectivity index is 2.03. The highest BCUT2D eigenvalue weighted by molar-refractivity contribution is 7.89. The predicted octanol–water partition coefficient (Wildman–Crippen LogP) is 0.371. The first-order valence-corrected chi connectivity index (χ1v) is 8.68. The third-order valence-electron chi connectivity index (χ3n) is 3.57. The third kappa shape index (κ3) is 2.10. The van der Waals surface area contributed by atoms with Crippen molar-refractivity contribution in [2.75, 3.05) is 25.4 Å². The van der Waals surface area contributed by atoms with Crippen molar-refractivity contribution in [2.24, 2.45) is 5.92 Å². The van der Waals surface area contributed by atoms with Crippen LogP contribution in [0.4, 0.5) is 5.82 Å². The molecule has 0 saturated carbocycles. The molecule has 0 radical (unpaired) electrons. The number of nitrogen functional groups attached to an aromatic ring is 1. The van der Waals surface area contributed by atoms with Crippen molar-refractivity contribution in [3.63, 3.8) is 0 Å². The summed E-state index contributed by atoms with van der Waals surface area (Å²) in [6, 6.07) is 0. The fourth-order valence-corrected chi connectivity index (χ4v) is 5.06. The van der Waals surface area contributed by atoms with Gasteiger partial charge in [0, 0.05) is 31.3 Å². The highest BCUT2D eigenvalue weighted by atomic mass is 32.2. The number of aliphatic hydroxyl groups excluding tert-OH is 1. The first-order chi connectivity index (χ1) is 9.54. The van der Waals surface area contributed by atoms with E-state index in [-0.39, 0.29) is 23.4 Å². The number of piperidine rings is 1. The van der Waals surface area contributed by atoms with Crippen LogP contribution in [0, 0.1) is 5.92 Å².